The first-order chi connectivity index (χ1) is 22.2. The van der Waals surface area contributed by atoms with Gasteiger partial charge in [0.15, 0.2) is 0 Å². The quantitative estimate of drug-likeness (QED) is 0.0556. The van der Waals surface area contributed by atoms with Gasteiger partial charge in [-0.1, -0.05) is 170 Å². The van der Waals surface area contributed by atoms with E-state index in [4.69, 9.17) is 4.74 Å². The highest BCUT2D eigenvalue weighted by atomic mass is 32.2. The largest absolute Gasteiger partial charge is 0.497 e. The molecule has 0 saturated heterocycles. The number of aromatic nitrogens is 2. The zero-order chi connectivity index (χ0) is 32.0. The summed E-state index contributed by atoms with van der Waals surface area (Å²) in [4.78, 5) is 5.73. The molecule has 0 atom stereocenters. The van der Waals surface area contributed by atoms with Crippen molar-refractivity contribution in [1.29, 1.82) is 0 Å². The summed E-state index contributed by atoms with van der Waals surface area (Å²) in [5.74, 6) is 2.10. The summed E-state index contributed by atoms with van der Waals surface area (Å²) >= 11 is 1.93. The molecule has 0 amide bonds. The number of para-hydroxylation sites is 1. The third-order valence-corrected chi connectivity index (χ3v) is 9.46. The average Bonchev–Trinajstić information content (AvgIpc) is 3.56. The third kappa shape index (κ3) is 12.8. The maximum atomic E-state index is 5.62. The Morgan fingerprint density at radius 3 is 1.93 bits per heavy atom. The molecule has 0 aliphatic carbocycles. The molecule has 0 unspecified atom stereocenters. The van der Waals surface area contributed by atoms with E-state index in [-0.39, 0.29) is 0 Å². The van der Waals surface area contributed by atoms with Crippen molar-refractivity contribution in [3.05, 3.63) is 91.4 Å². The second-order valence-electron chi connectivity index (χ2n) is 11.9. The molecule has 0 aliphatic rings. The molecule has 0 bridgehead atoms. The number of benzene rings is 3. The van der Waals surface area contributed by atoms with Gasteiger partial charge >= 0.3 is 0 Å². The van der Waals surface area contributed by atoms with Crippen molar-refractivity contribution < 1.29 is 4.74 Å². The van der Waals surface area contributed by atoms with Gasteiger partial charge in [-0.05, 0) is 35.3 Å². The van der Waals surface area contributed by atoms with Crippen LogP contribution in [0.3, 0.4) is 0 Å². The lowest BCUT2D eigenvalue weighted by Gasteiger charge is -2.20. The first-order valence-electron chi connectivity index (χ1n) is 17.6. The summed E-state index contributed by atoms with van der Waals surface area (Å²) in [6.07, 6.45) is 21.4. The Hall–Kier alpha value is -2.92. The molecule has 0 spiro atoms. The van der Waals surface area contributed by atoms with Gasteiger partial charge in [-0.25, -0.2) is 4.98 Å². The van der Waals surface area contributed by atoms with E-state index in [1.54, 1.807) is 7.11 Å². The van der Waals surface area contributed by atoms with E-state index in [1.165, 1.54) is 104 Å². The number of imidazole rings is 1. The van der Waals surface area contributed by atoms with E-state index in [9.17, 15) is 0 Å². The fourth-order valence-electron chi connectivity index (χ4n) is 6.01. The van der Waals surface area contributed by atoms with Gasteiger partial charge in [-0.15, -0.1) is 11.8 Å². The number of thioether (sulfide) groups is 1. The normalized spacial score (nSPS) is 10.8. The molecule has 0 radical (unpaired) electrons. The van der Waals surface area contributed by atoms with Crippen LogP contribution in [0.4, 0.5) is 0 Å². The average molecular weight is 625 g/mol. The minimum absolute atomic E-state index is 0.409. The van der Waals surface area contributed by atoms with E-state index < -0.39 is 0 Å². The van der Waals surface area contributed by atoms with Crippen LogP contribution in [0.15, 0.2) is 96.3 Å². The molecule has 242 valence electrons. The molecule has 3 aromatic carbocycles. The second kappa shape index (κ2) is 22.6. The van der Waals surface area contributed by atoms with Crippen molar-refractivity contribution in [3.8, 4) is 17.0 Å². The van der Waals surface area contributed by atoms with E-state index in [1.807, 2.05) is 30.4 Å². The summed E-state index contributed by atoms with van der Waals surface area (Å²) in [6.45, 7) is 8.24. The highest BCUT2D eigenvalue weighted by Gasteiger charge is 2.24. The fraction of sp³-hybridized carbons (Fsp3) is 0.475. The van der Waals surface area contributed by atoms with Gasteiger partial charge in [0.2, 0.25) is 6.71 Å². The van der Waals surface area contributed by atoms with Crippen molar-refractivity contribution in [2.75, 3.05) is 12.9 Å². The van der Waals surface area contributed by atoms with Gasteiger partial charge in [0, 0.05) is 11.4 Å². The molecule has 1 heterocycles. The van der Waals surface area contributed by atoms with Crippen LogP contribution in [-0.4, -0.2) is 29.1 Å². The number of unbranched alkanes of at least 4 members (excludes halogenated alkanes) is 10. The van der Waals surface area contributed by atoms with Crippen LogP contribution in [0.25, 0.3) is 11.3 Å². The maximum Gasteiger partial charge on any atom is 0.215 e. The minimum Gasteiger partial charge on any atom is -0.497 e. The zero-order valence-electron chi connectivity index (χ0n) is 28.6. The second-order valence-corrected chi connectivity index (χ2v) is 13.2. The van der Waals surface area contributed by atoms with Crippen molar-refractivity contribution in [3.63, 3.8) is 0 Å². The van der Waals surface area contributed by atoms with Crippen LogP contribution in [0.1, 0.15) is 97.8 Å². The van der Waals surface area contributed by atoms with Crippen molar-refractivity contribution >= 4 is 29.4 Å². The van der Waals surface area contributed by atoms with Gasteiger partial charge < -0.3 is 9.30 Å². The topological polar surface area (TPSA) is 27.1 Å². The fourth-order valence-corrected chi connectivity index (χ4v) is 6.88. The molecule has 4 rings (SSSR count). The summed E-state index contributed by atoms with van der Waals surface area (Å²) in [7, 11) is 1.77. The Balaban J connectivity index is 0.000000246. The first kappa shape index (κ1) is 36.6. The lowest BCUT2D eigenvalue weighted by atomic mass is 9.38. The third-order valence-electron chi connectivity index (χ3n) is 8.49. The van der Waals surface area contributed by atoms with Crippen molar-refractivity contribution in [1.82, 2.24) is 9.55 Å². The van der Waals surface area contributed by atoms with E-state index in [2.05, 4.69) is 103 Å². The van der Waals surface area contributed by atoms with E-state index >= 15 is 0 Å². The number of ether oxygens (including phenoxy) is 1. The number of hydrogen-bond donors (Lipinski definition) is 0. The molecule has 3 nitrogen and oxygen atoms in total. The molecule has 0 N–H and O–H groups in total. The summed E-state index contributed by atoms with van der Waals surface area (Å²) in [5.41, 5.74) is 5.24. The van der Waals surface area contributed by atoms with Crippen LogP contribution in [0, 0.1) is 0 Å². The Kier molecular flexibility index (Phi) is 18.3. The maximum absolute atomic E-state index is 5.62. The molecular weight excluding hydrogens is 567 g/mol. The van der Waals surface area contributed by atoms with Gasteiger partial charge in [0.1, 0.15) is 5.75 Å². The molecule has 4 aromatic rings. The lowest BCUT2D eigenvalue weighted by Crippen LogP contribution is -2.43. The number of hydrogen-bond acceptors (Lipinski definition) is 3. The zero-order valence-corrected chi connectivity index (χ0v) is 29.4. The van der Waals surface area contributed by atoms with Crippen LogP contribution in [0.2, 0.25) is 6.32 Å². The standard InChI is InChI=1S/C21H32N2.C19H25BOS/c1-2-3-4-5-6-7-8-9-10-14-17-23-19-22-18-21(23)20-15-12-11-13-16-20;1-4-6-15-20(16-11-7-9-13-18(16)21-3)17-12-8-10-14-19(17)22-5-2/h11-13,15-16,18-19H,2-10,14,17H2,1H3;7-14H,4-6,15H2,1-3H3. The highest BCUT2D eigenvalue weighted by Crippen LogP contribution is 2.21. The van der Waals surface area contributed by atoms with E-state index in [0.717, 1.165) is 24.4 Å². The molecule has 0 fully saturated rings. The van der Waals surface area contributed by atoms with Crippen LogP contribution >= 0.6 is 11.8 Å². The molecule has 0 aliphatic heterocycles. The molecule has 5 heteroatoms. The Labute approximate surface area is 279 Å². The van der Waals surface area contributed by atoms with Crippen molar-refractivity contribution in [2.45, 2.75) is 116 Å². The number of rotatable bonds is 20. The molecule has 1 aromatic heterocycles. The van der Waals surface area contributed by atoms with Gasteiger partial charge in [-0.3, -0.25) is 0 Å². The predicted molar refractivity (Wildman–Crippen MR) is 200 cm³/mol. The van der Waals surface area contributed by atoms with Gasteiger partial charge in [-0.2, -0.15) is 0 Å². The molecular formula is C40H57BN2OS. The van der Waals surface area contributed by atoms with Crippen LogP contribution in [-0.2, 0) is 6.54 Å². The van der Waals surface area contributed by atoms with Crippen LogP contribution in [0.5, 0.6) is 5.75 Å². The first-order valence-corrected chi connectivity index (χ1v) is 18.6. The Bertz CT molecular complexity index is 1310. The smallest absolute Gasteiger partial charge is 0.215 e. The summed E-state index contributed by atoms with van der Waals surface area (Å²) in [5, 5.41) is 0. The lowest BCUT2D eigenvalue weighted by molar-refractivity contribution is 0.418. The number of methoxy groups -OCH3 is 1. The highest BCUT2D eigenvalue weighted by molar-refractivity contribution is 7.99. The van der Waals surface area contributed by atoms with Gasteiger partial charge in [0.05, 0.1) is 25.3 Å². The van der Waals surface area contributed by atoms with Crippen molar-refractivity contribution in [2.24, 2.45) is 0 Å². The van der Waals surface area contributed by atoms with E-state index in [0.29, 0.717) is 6.71 Å². The minimum atomic E-state index is 0.409. The predicted octanol–water partition coefficient (Wildman–Crippen LogP) is 10.7. The summed E-state index contributed by atoms with van der Waals surface area (Å²) in [6, 6.07) is 27.8. The Morgan fingerprint density at radius 1 is 0.667 bits per heavy atom. The number of nitrogens with zero attached hydrogens (tertiary/aromatic N) is 2. The monoisotopic (exact) mass is 624 g/mol. The molecule has 0 saturated carbocycles. The number of aryl methyl sites for hydroxylation is 1. The molecule has 45 heavy (non-hydrogen) atoms. The summed E-state index contributed by atoms with van der Waals surface area (Å²) < 4.78 is 7.91. The Morgan fingerprint density at radius 2 is 1.27 bits per heavy atom. The van der Waals surface area contributed by atoms with Gasteiger partial charge in [0.25, 0.3) is 0 Å². The van der Waals surface area contributed by atoms with Crippen LogP contribution < -0.4 is 15.7 Å². The SMILES string of the molecule is CCCCB(c1ccccc1OC)c1ccccc1SCC.CCCCCCCCCCCCn1cncc1-c1ccccc1.